The quantitative estimate of drug-likeness (QED) is 0.646. The van der Waals surface area contributed by atoms with Gasteiger partial charge in [0.15, 0.2) is 0 Å². The fraction of sp³-hybridized carbons (Fsp3) is 0.467. The molecule has 0 fully saturated rings. The Balaban J connectivity index is 0.00000484. The van der Waals surface area contributed by atoms with Gasteiger partial charge in [-0.3, -0.25) is 9.59 Å². The van der Waals surface area contributed by atoms with E-state index < -0.39 is 0 Å². The van der Waals surface area contributed by atoms with Gasteiger partial charge in [0, 0.05) is 18.2 Å². The Morgan fingerprint density at radius 2 is 1.96 bits per heavy atom. The molecule has 1 atom stereocenters. The molecule has 1 aromatic carbocycles. The third kappa shape index (κ3) is 7.88. The molecule has 4 N–H and O–H groups in total. The van der Waals surface area contributed by atoms with E-state index in [9.17, 15) is 9.59 Å². The van der Waals surface area contributed by atoms with Gasteiger partial charge in [0.25, 0.3) is 5.91 Å². The van der Waals surface area contributed by atoms with Crippen molar-refractivity contribution in [2.75, 3.05) is 13.1 Å². The van der Waals surface area contributed by atoms with Crippen LogP contribution in [-0.4, -0.2) is 30.9 Å². The lowest BCUT2D eigenvalue weighted by atomic mass is 10.1. The number of rotatable bonds is 8. The molecule has 0 heterocycles. The first-order valence-electron chi connectivity index (χ1n) is 7.20. The summed E-state index contributed by atoms with van der Waals surface area (Å²) in [6.45, 7) is 2.35. The third-order valence-electron chi connectivity index (χ3n) is 3.15. The summed E-state index contributed by atoms with van der Waals surface area (Å²) in [6.07, 6.45) is 2.87. The number of carbonyl (C=O) groups is 2. The zero-order chi connectivity index (χ0) is 16.5. The predicted molar refractivity (Wildman–Crippen MR) is 96.6 cm³/mol. The molecular weight excluding hydrogens is 361 g/mol. The van der Waals surface area contributed by atoms with Gasteiger partial charge in [-0.05, 0) is 24.6 Å². The van der Waals surface area contributed by atoms with Crippen LogP contribution in [-0.2, 0) is 4.79 Å². The molecule has 1 aromatic rings. The number of halogens is 3. The Labute approximate surface area is 152 Å². The Bertz CT molecular complexity index is 527. The van der Waals surface area contributed by atoms with Crippen LogP contribution in [0.4, 0.5) is 0 Å². The first kappa shape index (κ1) is 22.0. The molecule has 0 spiro atoms. The summed E-state index contributed by atoms with van der Waals surface area (Å²) in [7, 11) is 0. The van der Waals surface area contributed by atoms with Gasteiger partial charge in [0.05, 0.1) is 16.6 Å². The molecule has 130 valence electrons. The van der Waals surface area contributed by atoms with Crippen molar-refractivity contribution in [3.05, 3.63) is 33.8 Å². The summed E-state index contributed by atoms with van der Waals surface area (Å²) >= 11 is 11.6. The normalized spacial score (nSPS) is 11.3. The fourth-order valence-electron chi connectivity index (χ4n) is 1.88. The lowest BCUT2D eigenvalue weighted by molar-refractivity contribution is -0.120. The summed E-state index contributed by atoms with van der Waals surface area (Å²) < 4.78 is 0. The first-order valence-corrected chi connectivity index (χ1v) is 7.96. The van der Waals surface area contributed by atoms with Crippen molar-refractivity contribution in [2.24, 2.45) is 5.73 Å². The minimum absolute atomic E-state index is 0. The highest BCUT2D eigenvalue weighted by Gasteiger charge is 2.12. The molecule has 0 bridgehead atoms. The number of hydrogen-bond acceptors (Lipinski definition) is 3. The van der Waals surface area contributed by atoms with Gasteiger partial charge in [-0.1, -0.05) is 43.0 Å². The topological polar surface area (TPSA) is 84.2 Å². The van der Waals surface area contributed by atoms with Crippen molar-refractivity contribution in [1.82, 2.24) is 10.6 Å². The van der Waals surface area contributed by atoms with Crippen molar-refractivity contribution in [2.45, 2.75) is 32.2 Å². The third-order valence-corrected chi connectivity index (χ3v) is 3.89. The van der Waals surface area contributed by atoms with Gasteiger partial charge in [-0.2, -0.15) is 0 Å². The maximum absolute atomic E-state index is 11.9. The average molecular weight is 383 g/mol. The maximum atomic E-state index is 11.9. The molecule has 5 nitrogen and oxygen atoms in total. The predicted octanol–water partition coefficient (Wildman–Crippen LogP) is 2.78. The standard InChI is InChI=1S/C15H21Cl2N3O2.ClH/c1-2-3-4-11(8-18)20-14(21)9-19-15(22)10-5-6-12(16)13(17)7-10;/h5-7,11H,2-4,8-9,18H2,1H3,(H,19,22)(H,20,21);1H. The molecule has 0 saturated heterocycles. The number of benzene rings is 1. The summed E-state index contributed by atoms with van der Waals surface area (Å²) in [5.41, 5.74) is 5.96. The number of nitrogens with two attached hydrogens (primary N) is 1. The van der Waals surface area contributed by atoms with Crippen LogP contribution in [0, 0.1) is 0 Å². The highest BCUT2D eigenvalue weighted by Crippen LogP contribution is 2.22. The van der Waals surface area contributed by atoms with E-state index in [0.29, 0.717) is 22.2 Å². The van der Waals surface area contributed by atoms with Crippen LogP contribution in [0.2, 0.25) is 10.0 Å². The van der Waals surface area contributed by atoms with Crippen molar-refractivity contribution < 1.29 is 9.59 Å². The lowest BCUT2D eigenvalue weighted by Gasteiger charge is -2.16. The average Bonchev–Trinajstić information content (AvgIpc) is 2.51. The number of amides is 2. The SMILES string of the molecule is CCCCC(CN)NC(=O)CNC(=O)c1ccc(Cl)c(Cl)c1.Cl. The van der Waals surface area contributed by atoms with Crippen LogP contribution in [0.25, 0.3) is 0 Å². The molecule has 1 rings (SSSR count). The molecule has 0 aliphatic carbocycles. The van der Waals surface area contributed by atoms with Crippen LogP contribution in [0.5, 0.6) is 0 Å². The van der Waals surface area contributed by atoms with E-state index in [1.165, 1.54) is 12.1 Å². The lowest BCUT2D eigenvalue weighted by Crippen LogP contribution is -2.45. The van der Waals surface area contributed by atoms with Gasteiger partial charge in [-0.15, -0.1) is 12.4 Å². The molecular formula is C15H22Cl3N3O2. The number of nitrogens with one attached hydrogen (secondary N) is 2. The van der Waals surface area contributed by atoms with E-state index in [1.807, 2.05) is 0 Å². The molecule has 1 unspecified atom stereocenters. The van der Waals surface area contributed by atoms with E-state index in [1.54, 1.807) is 6.07 Å². The molecule has 0 aliphatic rings. The van der Waals surface area contributed by atoms with E-state index in [4.69, 9.17) is 28.9 Å². The van der Waals surface area contributed by atoms with Crippen molar-refractivity contribution in [1.29, 1.82) is 0 Å². The molecule has 0 aliphatic heterocycles. The van der Waals surface area contributed by atoms with Gasteiger partial charge in [0.1, 0.15) is 0 Å². The van der Waals surface area contributed by atoms with Gasteiger partial charge >= 0.3 is 0 Å². The van der Waals surface area contributed by atoms with Gasteiger partial charge in [-0.25, -0.2) is 0 Å². The number of unbranched alkanes of at least 4 members (excludes halogenated alkanes) is 1. The zero-order valence-electron chi connectivity index (χ0n) is 12.9. The van der Waals surface area contributed by atoms with Gasteiger partial charge in [0.2, 0.25) is 5.91 Å². The molecule has 0 radical (unpaired) electrons. The monoisotopic (exact) mass is 381 g/mol. The Morgan fingerprint density at radius 1 is 1.26 bits per heavy atom. The smallest absolute Gasteiger partial charge is 0.251 e. The van der Waals surface area contributed by atoms with E-state index >= 15 is 0 Å². The Hall–Kier alpha value is -1.01. The maximum Gasteiger partial charge on any atom is 0.251 e. The van der Waals surface area contributed by atoms with Crippen LogP contribution < -0.4 is 16.4 Å². The first-order chi connectivity index (χ1) is 10.5. The summed E-state index contributed by atoms with van der Waals surface area (Å²) in [5.74, 6) is -0.647. The highest BCUT2D eigenvalue weighted by molar-refractivity contribution is 6.42. The molecule has 0 aromatic heterocycles. The van der Waals surface area contributed by atoms with Crippen molar-refractivity contribution in [3.63, 3.8) is 0 Å². The van der Waals surface area contributed by atoms with Gasteiger partial charge < -0.3 is 16.4 Å². The zero-order valence-corrected chi connectivity index (χ0v) is 15.2. The Kier molecular flexibility index (Phi) is 11.0. The second-order valence-corrected chi connectivity index (χ2v) is 5.77. The number of carbonyl (C=O) groups excluding carboxylic acids is 2. The molecule has 23 heavy (non-hydrogen) atoms. The van der Waals surface area contributed by atoms with E-state index in [0.717, 1.165) is 19.3 Å². The number of hydrogen-bond donors (Lipinski definition) is 3. The van der Waals surface area contributed by atoms with Crippen LogP contribution in [0.3, 0.4) is 0 Å². The van der Waals surface area contributed by atoms with E-state index in [2.05, 4.69) is 17.6 Å². The minimum Gasteiger partial charge on any atom is -0.351 e. The van der Waals surface area contributed by atoms with Crippen LogP contribution in [0.1, 0.15) is 36.5 Å². The van der Waals surface area contributed by atoms with Crippen molar-refractivity contribution >= 4 is 47.4 Å². The summed E-state index contributed by atoms with van der Waals surface area (Å²) in [4.78, 5) is 23.7. The fourth-order valence-corrected chi connectivity index (χ4v) is 2.18. The highest BCUT2D eigenvalue weighted by atomic mass is 35.5. The van der Waals surface area contributed by atoms with Crippen LogP contribution in [0.15, 0.2) is 18.2 Å². The molecule has 8 heteroatoms. The van der Waals surface area contributed by atoms with Crippen molar-refractivity contribution in [3.8, 4) is 0 Å². The van der Waals surface area contributed by atoms with Crippen LogP contribution >= 0.6 is 35.6 Å². The minimum atomic E-state index is -0.383. The largest absolute Gasteiger partial charge is 0.351 e. The van der Waals surface area contributed by atoms with E-state index in [-0.39, 0.29) is 36.8 Å². The Morgan fingerprint density at radius 3 is 2.52 bits per heavy atom. The molecule has 0 saturated carbocycles. The summed E-state index contributed by atoms with van der Waals surface area (Å²) in [6, 6.07) is 4.48. The summed E-state index contributed by atoms with van der Waals surface area (Å²) in [5, 5.41) is 6.01. The second kappa shape index (κ2) is 11.5. The second-order valence-electron chi connectivity index (χ2n) is 4.95. The molecule has 2 amide bonds.